The Bertz CT molecular complexity index is 928. The summed E-state index contributed by atoms with van der Waals surface area (Å²) in [5.74, 6) is 1.92. The van der Waals surface area contributed by atoms with Crippen molar-refractivity contribution in [3.63, 3.8) is 0 Å². The predicted octanol–water partition coefficient (Wildman–Crippen LogP) is 4.25. The van der Waals surface area contributed by atoms with Crippen LogP contribution in [0.15, 0.2) is 18.2 Å². The Morgan fingerprint density at radius 1 is 1.27 bits per heavy atom. The Labute approximate surface area is 183 Å². The summed E-state index contributed by atoms with van der Waals surface area (Å²) in [5, 5.41) is 10.6. The Hall–Kier alpha value is -1.89. The molecule has 2 aliphatic heterocycles. The monoisotopic (exact) mass is 431 g/mol. The lowest BCUT2D eigenvalue weighted by Crippen LogP contribution is -2.44. The van der Waals surface area contributed by atoms with Crippen molar-refractivity contribution >= 4 is 17.4 Å². The molecular weight excluding hydrogens is 402 g/mol. The van der Waals surface area contributed by atoms with Crippen molar-refractivity contribution in [1.29, 1.82) is 0 Å². The number of aliphatic hydroxyl groups excluding tert-OH is 1. The first-order valence-corrected chi connectivity index (χ1v) is 11.0. The number of halogens is 1. The van der Waals surface area contributed by atoms with Gasteiger partial charge in [0.05, 0.1) is 42.8 Å². The average Bonchev–Trinajstić information content (AvgIpc) is 3.03. The molecule has 1 aromatic carbocycles. The van der Waals surface area contributed by atoms with Crippen LogP contribution in [0, 0.1) is 18.3 Å². The summed E-state index contributed by atoms with van der Waals surface area (Å²) in [5.41, 5.74) is 3.04. The van der Waals surface area contributed by atoms with Gasteiger partial charge in [0.15, 0.2) is 5.82 Å². The number of methoxy groups -OCH3 is 1. The van der Waals surface area contributed by atoms with Crippen LogP contribution in [-0.2, 0) is 11.3 Å². The number of aryl methyl sites for hydroxylation is 1. The molecule has 0 aliphatic carbocycles. The van der Waals surface area contributed by atoms with Crippen molar-refractivity contribution in [3.05, 3.63) is 34.6 Å². The van der Waals surface area contributed by atoms with Crippen molar-refractivity contribution in [1.82, 2.24) is 9.97 Å². The second kappa shape index (κ2) is 8.33. The van der Waals surface area contributed by atoms with Crippen molar-refractivity contribution < 1.29 is 14.6 Å². The van der Waals surface area contributed by atoms with Gasteiger partial charge < -0.3 is 19.5 Å². The maximum atomic E-state index is 10.1. The SMILES string of the molecule is COc1cccc(-c2nc(CO)c(N3CCC4(CC3)CO[C@@H](C)[C@H]4C)nc2C)c1Cl. The zero-order valence-electron chi connectivity index (χ0n) is 18.1. The summed E-state index contributed by atoms with van der Waals surface area (Å²) in [6.45, 7) is 8.86. The molecular formula is C23H30ClN3O3. The summed E-state index contributed by atoms with van der Waals surface area (Å²) >= 11 is 6.52. The van der Waals surface area contributed by atoms with Gasteiger partial charge in [-0.15, -0.1) is 0 Å². The summed E-state index contributed by atoms with van der Waals surface area (Å²) in [7, 11) is 1.59. The molecule has 2 aliphatic rings. The van der Waals surface area contributed by atoms with E-state index in [1.54, 1.807) is 7.11 Å². The van der Waals surface area contributed by atoms with Crippen LogP contribution >= 0.6 is 11.6 Å². The highest BCUT2D eigenvalue weighted by atomic mass is 35.5. The topological polar surface area (TPSA) is 67.7 Å². The molecule has 2 aromatic rings. The summed E-state index contributed by atoms with van der Waals surface area (Å²) in [6.07, 6.45) is 2.44. The average molecular weight is 432 g/mol. The molecule has 0 saturated carbocycles. The highest BCUT2D eigenvalue weighted by Crippen LogP contribution is 2.47. The Kier molecular flexibility index (Phi) is 5.93. The maximum Gasteiger partial charge on any atom is 0.153 e. The van der Waals surface area contributed by atoms with E-state index in [0.29, 0.717) is 34.2 Å². The van der Waals surface area contributed by atoms with Crippen LogP contribution in [0.2, 0.25) is 5.02 Å². The number of piperidine rings is 1. The minimum absolute atomic E-state index is 0.171. The fraction of sp³-hybridized carbons (Fsp3) is 0.565. The zero-order valence-corrected chi connectivity index (χ0v) is 18.9. The third kappa shape index (κ3) is 3.55. The number of benzene rings is 1. The third-order valence-corrected chi connectivity index (χ3v) is 7.46. The normalized spacial score (nSPS) is 23.2. The fourth-order valence-corrected chi connectivity index (χ4v) is 5.14. The molecule has 0 unspecified atom stereocenters. The number of aliphatic hydroxyl groups is 1. The smallest absolute Gasteiger partial charge is 0.153 e. The summed E-state index contributed by atoms with van der Waals surface area (Å²) in [4.78, 5) is 11.9. The largest absolute Gasteiger partial charge is 0.495 e. The van der Waals surface area contributed by atoms with E-state index in [0.717, 1.165) is 49.6 Å². The van der Waals surface area contributed by atoms with Crippen LogP contribution in [0.25, 0.3) is 11.3 Å². The molecule has 0 radical (unpaired) electrons. The van der Waals surface area contributed by atoms with E-state index in [9.17, 15) is 5.11 Å². The zero-order chi connectivity index (χ0) is 21.5. The van der Waals surface area contributed by atoms with Crippen molar-refractivity contribution in [2.75, 3.05) is 31.7 Å². The first kappa shape index (κ1) is 21.3. The second-order valence-corrected chi connectivity index (χ2v) is 8.94. The van der Waals surface area contributed by atoms with Gasteiger partial charge in [0.2, 0.25) is 0 Å². The molecule has 2 saturated heterocycles. The highest BCUT2D eigenvalue weighted by molar-refractivity contribution is 6.34. The quantitative estimate of drug-likeness (QED) is 0.780. The molecule has 7 heteroatoms. The highest BCUT2D eigenvalue weighted by Gasteiger charge is 2.47. The van der Waals surface area contributed by atoms with E-state index in [1.165, 1.54) is 0 Å². The third-order valence-electron chi connectivity index (χ3n) is 7.07. The molecule has 4 rings (SSSR count). The molecule has 1 N–H and O–H groups in total. The van der Waals surface area contributed by atoms with Crippen LogP contribution in [0.5, 0.6) is 5.75 Å². The summed E-state index contributed by atoms with van der Waals surface area (Å²) in [6, 6.07) is 5.59. The van der Waals surface area contributed by atoms with Gasteiger partial charge in [-0.3, -0.25) is 0 Å². The van der Waals surface area contributed by atoms with Gasteiger partial charge in [0.25, 0.3) is 0 Å². The molecule has 3 heterocycles. The summed E-state index contributed by atoms with van der Waals surface area (Å²) < 4.78 is 11.3. The molecule has 0 amide bonds. The molecule has 2 atom stereocenters. The van der Waals surface area contributed by atoms with Crippen LogP contribution in [-0.4, -0.2) is 48.0 Å². The van der Waals surface area contributed by atoms with Gasteiger partial charge in [-0.25, -0.2) is 9.97 Å². The Morgan fingerprint density at radius 2 is 2.00 bits per heavy atom. The molecule has 1 aromatic heterocycles. The van der Waals surface area contributed by atoms with Crippen molar-refractivity contribution in [2.24, 2.45) is 11.3 Å². The molecule has 2 fully saturated rings. The van der Waals surface area contributed by atoms with Crippen LogP contribution in [0.3, 0.4) is 0 Å². The maximum absolute atomic E-state index is 10.1. The standard InChI is InChI=1S/C23H30ClN3O3/c1-14-16(3)30-13-23(14)8-10-27(11-9-23)22-18(12-28)26-21(15(2)25-22)17-6-5-7-19(29-4)20(17)24/h5-7,14,16,28H,8-13H2,1-4H3/t14-,16+/m1/s1. The number of anilines is 1. The first-order valence-electron chi connectivity index (χ1n) is 10.6. The van der Waals surface area contributed by atoms with E-state index in [4.69, 9.17) is 31.0 Å². The lowest BCUT2D eigenvalue weighted by Gasteiger charge is -2.42. The van der Waals surface area contributed by atoms with Gasteiger partial charge in [-0.1, -0.05) is 30.7 Å². The van der Waals surface area contributed by atoms with E-state index in [2.05, 4.69) is 18.7 Å². The van der Waals surface area contributed by atoms with Crippen molar-refractivity contribution in [2.45, 2.75) is 46.3 Å². The molecule has 1 spiro atoms. The molecule has 162 valence electrons. The van der Waals surface area contributed by atoms with E-state index < -0.39 is 0 Å². The number of ether oxygens (including phenoxy) is 2. The number of hydrogen-bond acceptors (Lipinski definition) is 6. The van der Waals surface area contributed by atoms with Gasteiger partial charge >= 0.3 is 0 Å². The number of hydrogen-bond donors (Lipinski definition) is 1. The van der Waals surface area contributed by atoms with E-state index >= 15 is 0 Å². The van der Waals surface area contributed by atoms with E-state index in [1.807, 2.05) is 25.1 Å². The molecule has 0 bridgehead atoms. The second-order valence-electron chi connectivity index (χ2n) is 8.56. The van der Waals surface area contributed by atoms with Gasteiger partial charge in [-0.05, 0) is 38.7 Å². The minimum Gasteiger partial charge on any atom is -0.495 e. The van der Waals surface area contributed by atoms with Gasteiger partial charge in [-0.2, -0.15) is 0 Å². The Morgan fingerprint density at radius 3 is 2.60 bits per heavy atom. The number of rotatable bonds is 4. The van der Waals surface area contributed by atoms with Crippen LogP contribution in [0.4, 0.5) is 5.82 Å². The molecule has 6 nitrogen and oxygen atoms in total. The number of nitrogens with zero attached hydrogens (tertiary/aromatic N) is 3. The van der Waals surface area contributed by atoms with Crippen molar-refractivity contribution in [3.8, 4) is 17.0 Å². The predicted molar refractivity (Wildman–Crippen MR) is 118 cm³/mol. The van der Waals surface area contributed by atoms with Crippen LogP contribution < -0.4 is 9.64 Å². The lowest BCUT2D eigenvalue weighted by molar-refractivity contribution is 0.0969. The first-order chi connectivity index (χ1) is 14.4. The lowest BCUT2D eigenvalue weighted by atomic mass is 9.70. The minimum atomic E-state index is -0.171. The van der Waals surface area contributed by atoms with E-state index in [-0.39, 0.29) is 12.0 Å². The fourth-order valence-electron chi connectivity index (χ4n) is 4.84. The number of aromatic nitrogens is 2. The van der Waals surface area contributed by atoms with Gasteiger partial charge in [0, 0.05) is 24.1 Å². The van der Waals surface area contributed by atoms with Crippen LogP contribution in [0.1, 0.15) is 38.1 Å². The molecule has 30 heavy (non-hydrogen) atoms. The van der Waals surface area contributed by atoms with Gasteiger partial charge in [0.1, 0.15) is 11.4 Å². The Balaban J connectivity index is 1.63.